The number of ether oxygens (including phenoxy) is 1. The zero-order chi connectivity index (χ0) is 29.6. The smallest absolute Gasteiger partial charge is 0.447 e. The van der Waals surface area contributed by atoms with Crippen molar-refractivity contribution in [1.82, 2.24) is 35.6 Å². The summed E-state index contributed by atoms with van der Waals surface area (Å²) in [5.74, 6) is 1.62. The Kier molecular flexibility index (Phi) is 8.88. The molecule has 0 saturated carbocycles. The van der Waals surface area contributed by atoms with Gasteiger partial charge in [-0.15, -0.1) is 10.2 Å². The molecule has 1 amide bonds. The molecule has 2 N–H and O–H groups in total. The molecule has 14 heteroatoms. The standard InChI is InChI=1S/C28H30N8O6/c1-18-22-13-14-25(37)34(27(22)30-19(2)29-18)17-20-9-11-21(12-10-20)23-7-3-4-8-24(23)26-31-33-35(32-26)28(38)41-15-5-6-16-42-36(39)40/h3-4,7-12,39-40H,5-6,13-17H2,1-2H3. The van der Waals surface area contributed by atoms with Gasteiger partial charge in [0.1, 0.15) is 11.6 Å². The van der Waals surface area contributed by atoms with Gasteiger partial charge in [-0.2, -0.15) is 0 Å². The van der Waals surface area contributed by atoms with Crippen molar-refractivity contribution >= 4 is 17.8 Å². The van der Waals surface area contributed by atoms with E-state index in [1.807, 2.05) is 62.4 Å². The van der Waals surface area contributed by atoms with E-state index in [0.29, 0.717) is 49.4 Å². The molecule has 0 radical (unpaired) electrons. The molecule has 0 atom stereocenters. The lowest BCUT2D eigenvalue weighted by Gasteiger charge is -2.29. The maximum atomic E-state index is 12.8. The van der Waals surface area contributed by atoms with Crippen LogP contribution in [-0.4, -0.2) is 71.2 Å². The Bertz CT molecular complexity index is 1570. The molecule has 0 fully saturated rings. The summed E-state index contributed by atoms with van der Waals surface area (Å²) in [5, 5.41) is 28.7. The summed E-state index contributed by atoms with van der Waals surface area (Å²) in [6.45, 7) is 4.30. The Morgan fingerprint density at radius 1 is 0.976 bits per heavy atom. The molecular weight excluding hydrogens is 544 g/mol. The Balaban J connectivity index is 1.27. The van der Waals surface area contributed by atoms with Gasteiger partial charge < -0.3 is 4.74 Å². The quantitative estimate of drug-likeness (QED) is 0.208. The van der Waals surface area contributed by atoms with E-state index in [2.05, 4.69) is 30.2 Å². The normalized spacial score (nSPS) is 13.0. The predicted molar refractivity (Wildman–Crippen MR) is 147 cm³/mol. The van der Waals surface area contributed by atoms with Gasteiger partial charge in [-0.05, 0) is 55.0 Å². The van der Waals surface area contributed by atoms with Crippen LogP contribution < -0.4 is 4.90 Å². The van der Waals surface area contributed by atoms with Gasteiger partial charge >= 0.3 is 6.09 Å². The largest absolute Gasteiger partial charge is 0.453 e. The van der Waals surface area contributed by atoms with Gasteiger partial charge in [0.2, 0.25) is 11.7 Å². The summed E-state index contributed by atoms with van der Waals surface area (Å²) in [4.78, 5) is 41.2. The lowest BCUT2D eigenvalue weighted by Crippen LogP contribution is -2.36. The second-order valence-corrected chi connectivity index (χ2v) is 9.69. The third-order valence-corrected chi connectivity index (χ3v) is 6.77. The van der Waals surface area contributed by atoms with E-state index in [1.54, 1.807) is 4.90 Å². The Morgan fingerprint density at radius 2 is 1.71 bits per heavy atom. The number of tetrazole rings is 1. The van der Waals surface area contributed by atoms with Crippen molar-refractivity contribution in [2.75, 3.05) is 18.1 Å². The molecule has 4 aromatic rings. The summed E-state index contributed by atoms with van der Waals surface area (Å²) in [6, 6.07) is 15.4. The summed E-state index contributed by atoms with van der Waals surface area (Å²) in [5.41, 5.74) is 5.31. The third kappa shape index (κ3) is 6.63. The Hall–Kier alpha value is -4.63. The number of nitrogens with zero attached hydrogens (tertiary/aromatic N) is 8. The second kappa shape index (κ2) is 12.9. The van der Waals surface area contributed by atoms with E-state index < -0.39 is 6.09 Å². The van der Waals surface area contributed by atoms with E-state index in [4.69, 9.17) is 15.2 Å². The molecule has 0 unspecified atom stereocenters. The summed E-state index contributed by atoms with van der Waals surface area (Å²) in [6.07, 6.45) is 1.16. The van der Waals surface area contributed by atoms with Crippen LogP contribution in [0.2, 0.25) is 0 Å². The first-order valence-electron chi connectivity index (χ1n) is 13.4. The zero-order valence-electron chi connectivity index (χ0n) is 23.2. The maximum Gasteiger partial charge on any atom is 0.453 e. The number of carbonyl (C=O) groups excluding carboxylic acids is 2. The van der Waals surface area contributed by atoms with E-state index in [9.17, 15) is 9.59 Å². The first-order chi connectivity index (χ1) is 20.3. The second-order valence-electron chi connectivity index (χ2n) is 9.69. The number of aryl methyl sites for hydroxylation is 2. The Labute approximate surface area is 241 Å². The number of hydrogen-bond acceptors (Lipinski definition) is 12. The van der Waals surface area contributed by atoms with Gasteiger partial charge in [0, 0.05) is 23.2 Å². The highest BCUT2D eigenvalue weighted by molar-refractivity contribution is 5.95. The summed E-state index contributed by atoms with van der Waals surface area (Å²) in [7, 11) is 0. The number of benzene rings is 2. The molecule has 14 nitrogen and oxygen atoms in total. The van der Waals surface area contributed by atoms with E-state index in [1.165, 1.54) is 0 Å². The molecule has 0 spiro atoms. The molecular formula is C28H30N8O6. The van der Waals surface area contributed by atoms with E-state index in [0.717, 1.165) is 32.7 Å². The number of hydrogen-bond donors (Lipinski definition) is 2. The highest BCUT2D eigenvalue weighted by atomic mass is 17.1. The molecule has 2 aromatic heterocycles. The molecule has 2 aromatic carbocycles. The van der Waals surface area contributed by atoms with Gasteiger partial charge in [0.15, 0.2) is 0 Å². The number of rotatable bonds is 10. The average Bonchev–Trinajstić information content (AvgIpc) is 3.47. The molecule has 0 bridgehead atoms. The number of carbonyl (C=O) groups is 2. The highest BCUT2D eigenvalue weighted by Crippen LogP contribution is 2.32. The predicted octanol–water partition coefficient (Wildman–Crippen LogP) is 3.67. The van der Waals surface area contributed by atoms with Crippen molar-refractivity contribution < 1.29 is 29.6 Å². The fourth-order valence-electron chi connectivity index (χ4n) is 4.75. The van der Waals surface area contributed by atoms with Crippen LogP contribution in [0.1, 0.15) is 41.9 Å². The van der Waals surface area contributed by atoms with Crippen molar-refractivity contribution in [3.63, 3.8) is 0 Å². The van der Waals surface area contributed by atoms with Gasteiger partial charge in [-0.3, -0.25) is 24.9 Å². The third-order valence-electron chi connectivity index (χ3n) is 6.77. The van der Waals surface area contributed by atoms with Crippen molar-refractivity contribution in [3.05, 3.63) is 71.2 Å². The number of fused-ring (bicyclic) bond motifs is 1. The number of unbranched alkanes of at least 4 members (excludes halogenated alkanes) is 1. The van der Waals surface area contributed by atoms with Crippen LogP contribution in [0.4, 0.5) is 10.6 Å². The number of amides is 1. The van der Waals surface area contributed by atoms with Crippen LogP contribution in [0.3, 0.4) is 0 Å². The monoisotopic (exact) mass is 574 g/mol. The van der Waals surface area contributed by atoms with Gasteiger partial charge in [0.05, 0.1) is 25.1 Å². The van der Waals surface area contributed by atoms with Crippen molar-refractivity contribution in [2.24, 2.45) is 0 Å². The summed E-state index contributed by atoms with van der Waals surface area (Å²) >= 11 is 0. The number of anilines is 1. The lowest BCUT2D eigenvalue weighted by molar-refractivity contribution is -0.492. The van der Waals surface area contributed by atoms with Crippen LogP contribution in [0.5, 0.6) is 0 Å². The minimum absolute atomic E-state index is 0.0378. The number of aromatic nitrogens is 6. The molecule has 1 aliphatic rings. The van der Waals surface area contributed by atoms with Crippen LogP contribution in [0, 0.1) is 13.8 Å². The molecule has 5 rings (SSSR count). The molecule has 1 aliphatic heterocycles. The Morgan fingerprint density at radius 3 is 2.48 bits per heavy atom. The molecule has 0 aliphatic carbocycles. The zero-order valence-corrected chi connectivity index (χ0v) is 23.2. The lowest BCUT2D eigenvalue weighted by atomic mass is 9.98. The minimum Gasteiger partial charge on any atom is -0.447 e. The fraction of sp³-hybridized carbons (Fsp3) is 0.321. The van der Waals surface area contributed by atoms with Crippen LogP contribution in [-0.2, 0) is 27.3 Å². The molecule has 42 heavy (non-hydrogen) atoms. The maximum absolute atomic E-state index is 12.8. The first kappa shape index (κ1) is 28.9. The average molecular weight is 575 g/mol. The van der Waals surface area contributed by atoms with Crippen LogP contribution in [0.15, 0.2) is 48.5 Å². The van der Waals surface area contributed by atoms with Crippen molar-refractivity contribution in [1.29, 1.82) is 0 Å². The molecule has 0 saturated heterocycles. The first-order valence-corrected chi connectivity index (χ1v) is 13.4. The fourth-order valence-corrected chi connectivity index (χ4v) is 4.75. The van der Waals surface area contributed by atoms with Gasteiger partial charge in [0.25, 0.3) is 0 Å². The topological polar surface area (TPSA) is 169 Å². The van der Waals surface area contributed by atoms with E-state index in [-0.39, 0.29) is 30.3 Å². The van der Waals surface area contributed by atoms with Gasteiger partial charge in [-0.1, -0.05) is 53.3 Å². The van der Waals surface area contributed by atoms with E-state index >= 15 is 0 Å². The highest BCUT2D eigenvalue weighted by Gasteiger charge is 2.27. The summed E-state index contributed by atoms with van der Waals surface area (Å²) < 4.78 is 5.15. The minimum atomic E-state index is -0.785. The van der Waals surface area contributed by atoms with Crippen LogP contribution >= 0.6 is 0 Å². The molecule has 218 valence electrons. The van der Waals surface area contributed by atoms with Crippen molar-refractivity contribution in [2.45, 2.75) is 46.1 Å². The van der Waals surface area contributed by atoms with Crippen molar-refractivity contribution in [3.8, 4) is 22.5 Å². The molecule has 3 heterocycles. The van der Waals surface area contributed by atoms with Gasteiger partial charge in [-0.25, -0.2) is 14.8 Å². The SMILES string of the molecule is Cc1nc(C)c2c(n1)N(Cc1ccc(-c3ccccc3-c3nnn(C(=O)OCCCCON(O)O)n3)cc1)C(=O)CC2. The van der Waals surface area contributed by atoms with Crippen LogP contribution in [0.25, 0.3) is 22.5 Å².